The van der Waals surface area contributed by atoms with E-state index in [-0.39, 0.29) is 0 Å². The van der Waals surface area contributed by atoms with Crippen molar-refractivity contribution in [3.05, 3.63) is 94.5 Å². The Morgan fingerprint density at radius 2 is 1.72 bits per heavy atom. The summed E-state index contributed by atoms with van der Waals surface area (Å²) < 4.78 is 29.1. The monoisotopic (exact) mass is 427 g/mol. The van der Waals surface area contributed by atoms with E-state index in [9.17, 15) is 8.78 Å². The zero-order valence-corrected chi connectivity index (χ0v) is 17.0. The van der Waals surface area contributed by atoms with Gasteiger partial charge in [-0.25, -0.2) is 8.78 Å². The first-order chi connectivity index (χ1) is 14.0. The van der Waals surface area contributed by atoms with Gasteiger partial charge in [-0.2, -0.15) is 0 Å². The van der Waals surface area contributed by atoms with Crippen molar-refractivity contribution in [1.29, 1.82) is 0 Å². The molecule has 1 heterocycles. The van der Waals surface area contributed by atoms with Crippen LogP contribution in [-0.2, 0) is 5.75 Å². The molecule has 29 heavy (non-hydrogen) atoms. The molecule has 4 aromatic rings. The van der Waals surface area contributed by atoms with E-state index in [1.807, 2.05) is 54.0 Å². The fourth-order valence-corrected chi connectivity index (χ4v) is 4.05. The Hall–Kier alpha value is -2.70. The highest BCUT2D eigenvalue weighted by Gasteiger charge is 2.18. The zero-order chi connectivity index (χ0) is 20.4. The lowest BCUT2D eigenvalue weighted by Gasteiger charge is -2.12. The first-order valence-corrected chi connectivity index (χ1v) is 10.2. The summed E-state index contributed by atoms with van der Waals surface area (Å²) in [6, 6.07) is 18.9. The minimum Gasteiger partial charge on any atom is -0.270 e. The molecule has 0 bridgehead atoms. The number of thioether (sulfide) groups is 1. The highest BCUT2D eigenvalue weighted by molar-refractivity contribution is 7.98. The fraction of sp³-hybridized carbons (Fsp3) is 0.0909. The molecule has 3 aromatic carbocycles. The number of halogens is 3. The van der Waals surface area contributed by atoms with Crippen molar-refractivity contribution in [1.82, 2.24) is 14.8 Å². The highest BCUT2D eigenvalue weighted by Crippen LogP contribution is 2.33. The third kappa shape index (κ3) is 4.18. The number of hydrogen-bond acceptors (Lipinski definition) is 3. The van der Waals surface area contributed by atoms with Gasteiger partial charge in [-0.05, 0) is 42.8 Å². The minimum absolute atomic E-state index is 0.290. The highest BCUT2D eigenvalue weighted by atomic mass is 35.5. The van der Waals surface area contributed by atoms with Crippen LogP contribution in [0.2, 0.25) is 5.02 Å². The van der Waals surface area contributed by atoms with Gasteiger partial charge >= 0.3 is 0 Å². The Morgan fingerprint density at radius 3 is 2.45 bits per heavy atom. The second-order valence-corrected chi connectivity index (χ2v) is 7.83. The van der Waals surface area contributed by atoms with Gasteiger partial charge in [0.1, 0.15) is 11.6 Å². The number of nitrogens with zero attached hydrogens (tertiary/aromatic N) is 3. The smallest absolute Gasteiger partial charge is 0.196 e. The van der Waals surface area contributed by atoms with Gasteiger partial charge in [-0.3, -0.25) is 4.57 Å². The van der Waals surface area contributed by atoms with Crippen LogP contribution in [0.15, 0.2) is 71.9 Å². The predicted octanol–water partition coefficient (Wildman–Crippen LogP) is 6.47. The standard InChI is InChI=1S/C22H16ClF2N3S/c1-14-6-10-17(11-7-14)28-21(18-4-2-3-5-19(18)23)26-27-22(28)29-13-15-8-9-16(24)12-20(15)25/h2-12H,13H2,1H3. The summed E-state index contributed by atoms with van der Waals surface area (Å²) in [4.78, 5) is 0. The zero-order valence-electron chi connectivity index (χ0n) is 15.4. The molecule has 0 N–H and O–H groups in total. The number of benzene rings is 3. The quantitative estimate of drug-likeness (QED) is 0.342. The molecule has 146 valence electrons. The summed E-state index contributed by atoms with van der Waals surface area (Å²) in [6.07, 6.45) is 0. The second kappa shape index (κ2) is 8.35. The molecule has 0 saturated heterocycles. The Bertz CT molecular complexity index is 1160. The Morgan fingerprint density at radius 1 is 0.966 bits per heavy atom. The molecule has 3 nitrogen and oxygen atoms in total. The van der Waals surface area contributed by atoms with Gasteiger partial charge in [0.15, 0.2) is 11.0 Å². The normalized spacial score (nSPS) is 11.0. The number of aryl methyl sites for hydroxylation is 1. The van der Waals surface area contributed by atoms with Crippen LogP contribution in [0.3, 0.4) is 0 Å². The molecular weight excluding hydrogens is 412 g/mol. The van der Waals surface area contributed by atoms with Crippen LogP contribution in [0.4, 0.5) is 8.78 Å². The number of aromatic nitrogens is 3. The van der Waals surface area contributed by atoms with E-state index >= 15 is 0 Å². The van der Waals surface area contributed by atoms with Crippen LogP contribution in [0.1, 0.15) is 11.1 Å². The largest absolute Gasteiger partial charge is 0.270 e. The lowest BCUT2D eigenvalue weighted by atomic mass is 10.2. The average Bonchev–Trinajstić information content (AvgIpc) is 3.12. The molecule has 0 aliphatic rings. The van der Waals surface area contributed by atoms with E-state index in [0.717, 1.165) is 22.9 Å². The maximum absolute atomic E-state index is 14.0. The van der Waals surface area contributed by atoms with E-state index in [2.05, 4.69) is 10.2 Å². The molecule has 0 radical (unpaired) electrons. The van der Waals surface area contributed by atoms with Crippen molar-refractivity contribution in [3.63, 3.8) is 0 Å². The van der Waals surface area contributed by atoms with E-state index in [4.69, 9.17) is 11.6 Å². The van der Waals surface area contributed by atoms with Gasteiger partial charge < -0.3 is 0 Å². The summed E-state index contributed by atoms with van der Waals surface area (Å²) >= 11 is 7.71. The van der Waals surface area contributed by atoms with Crippen molar-refractivity contribution >= 4 is 23.4 Å². The summed E-state index contributed by atoms with van der Waals surface area (Å²) in [7, 11) is 0. The van der Waals surface area contributed by atoms with Crippen LogP contribution >= 0.6 is 23.4 Å². The Kier molecular flexibility index (Phi) is 5.65. The Balaban J connectivity index is 1.75. The summed E-state index contributed by atoms with van der Waals surface area (Å²) in [5, 5.41) is 9.82. The van der Waals surface area contributed by atoms with Crippen LogP contribution in [0, 0.1) is 18.6 Å². The fourth-order valence-electron chi connectivity index (χ4n) is 2.89. The van der Waals surface area contributed by atoms with Gasteiger partial charge in [-0.1, -0.05) is 59.3 Å². The van der Waals surface area contributed by atoms with Crippen molar-refractivity contribution in [3.8, 4) is 17.1 Å². The van der Waals surface area contributed by atoms with Gasteiger partial charge in [-0.15, -0.1) is 10.2 Å². The van der Waals surface area contributed by atoms with Gasteiger partial charge in [0.25, 0.3) is 0 Å². The molecule has 0 amide bonds. The molecule has 0 aliphatic heterocycles. The van der Waals surface area contributed by atoms with Gasteiger partial charge in [0.05, 0.1) is 5.02 Å². The third-order valence-electron chi connectivity index (χ3n) is 4.41. The van der Waals surface area contributed by atoms with E-state index in [1.54, 1.807) is 6.07 Å². The number of hydrogen-bond donors (Lipinski definition) is 0. The van der Waals surface area contributed by atoms with E-state index in [0.29, 0.717) is 27.3 Å². The predicted molar refractivity (Wildman–Crippen MR) is 112 cm³/mol. The average molecular weight is 428 g/mol. The lowest BCUT2D eigenvalue weighted by molar-refractivity contribution is 0.576. The summed E-state index contributed by atoms with van der Waals surface area (Å²) in [6.45, 7) is 2.01. The molecule has 1 aromatic heterocycles. The molecule has 0 unspecified atom stereocenters. The van der Waals surface area contributed by atoms with Crippen molar-refractivity contribution in [2.24, 2.45) is 0 Å². The van der Waals surface area contributed by atoms with Crippen LogP contribution in [-0.4, -0.2) is 14.8 Å². The molecule has 4 rings (SSSR count). The first-order valence-electron chi connectivity index (χ1n) is 8.87. The van der Waals surface area contributed by atoms with Crippen molar-refractivity contribution < 1.29 is 8.78 Å². The van der Waals surface area contributed by atoms with Crippen LogP contribution in [0.25, 0.3) is 17.1 Å². The summed E-state index contributed by atoms with van der Waals surface area (Å²) in [5.74, 6) is -0.287. The molecule has 0 atom stereocenters. The molecule has 0 fully saturated rings. The first kappa shape index (κ1) is 19.6. The molecular formula is C22H16ClF2N3S. The molecule has 0 spiro atoms. The van der Waals surface area contributed by atoms with Crippen LogP contribution < -0.4 is 0 Å². The lowest BCUT2D eigenvalue weighted by Crippen LogP contribution is -2.00. The maximum atomic E-state index is 14.0. The van der Waals surface area contributed by atoms with Gasteiger partial charge in [0.2, 0.25) is 0 Å². The summed E-state index contributed by atoms with van der Waals surface area (Å²) in [5.41, 5.74) is 3.15. The van der Waals surface area contributed by atoms with Crippen molar-refractivity contribution in [2.75, 3.05) is 0 Å². The second-order valence-electron chi connectivity index (χ2n) is 6.48. The minimum atomic E-state index is -0.597. The SMILES string of the molecule is Cc1ccc(-n2c(SCc3ccc(F)cc3F)nnc2-c2ccccc2Cl)cc1. The Labute approximate surface area is 176 Å². The van der Waals surface area contributed by atoms with Crippen molar-refractivity contribution in [2.45, 2.75) is 17.8 Å². The number of rotatable bonds is 5. The van der Waals surface area contributed by atoms with E-state index < -0.39 is 11.6 Å². The topological polar surface area (TPSA) is 30.7 Å². The molecule has 7 heteroatoms. The van der Waals surface area contributed by atoms with Gasteiger partial charge in [0, 0.05) is 23.1 Å². The maximum Gasteiger partial charge on any atom is 0.196 e. The molecule has 0 saturated carbocycles. The van der Waals surface area contributed by atoms with E-state index in [1.165, 1.54) is 23.9 Å². The molecule has 0 aliphatic carbocycles. The van der Waals surface area contributed by atoms with Crippen LogP contribution in [0.5, 0.6) is 0 Å². The third-order valence-corrected chi connectivity index (χ3v) is 5.72.